The second-order valence-corrected chi connectivity index (χ2v) is 4.78. The fourth-order valence-corrected chi connectivity index (χ4v) is 2.52. The van der Waals surface area contributed by atoms with Crippen LogP contribution in [0.25, 0.3) is 0 Å². The van der Waals surface area contributed by atoms with Gasteiger partial charge in [-0.3, -0.25) is 4.98 Å². The van der Waals surface area contributed by atoms with Crippen LogP contribution in [-0.4, -0.2) is 11.5 Å². The van der Waals surface area contributed by atoms with Gasteiger partial charge in [-0.2, -0.15) is 0 Å². The molecule has 1 aromatic carbocycles. The number of pyridine rings is 1. The first-order valence-corrected chi connectivity index (χ1v) is 6.99. The molecule has 2 aromatic rings. The Bertz CT molecular complexity index is 534. The van der Waals surface area contributed by atoms with Crippen LogP contribution in [-0.2, 0) is 6.42 Å². The highest BCUT2D eigenvalue weighted by Gasteiger charge is 2.17. The van der Waals surface area contributed by atoms with Crippen molar-refractivity contribution in [1.82, 2.24) is 10.3 Å². The lowest BCUT2D eigenvalue weighted by Crippen LogP contribution is -2.24. The molecule has 0 bridgehead atoms. The van der Waals surface area contributed by atoms with E-state index in [9.17, 15) is 0 Å². The molecule has 19 heavy (non-hydrogen) atoms. The van der Waals surface area contributed by atoms with Crippen LogP contribution in [0.5, 0.6) is 0 Å². The molecule has 0 amide bonds. The van der Waals surface area contributed by atoms with Gasteiger partial charge in [-0.25, -0.2) is 0 Å². The molecule has 2 nitrogen and oxygen atoms in total. The molecule has 2 rings (SSSR count). The maximum Gasteiger partial charge on any atom is 0.0583 e. The Balaban J connectivity index is 2.49. The summed E-state index contributed by atoms with van der Waals surface area (Å²) in [5.74, 6) is 0. The number of aromatic nitrogens is 1. The number of nitrogens with zero attached hydrogens (tertiary/aromatic N) is 1. The molecule has 0 spiro atoms. The van der Waals surface area contributed by atoms with Gasteiger partial charge in [0.15, 0.2) is 0 Å². The number of hydrogen-bond acceptors (Lipinski definition) is 2. The monoisotopic (exact) mass is 254 g/mol. The lowest BCUT2D eigenvalue weighted by molar-refractivity contribution is 0.621. The quantitative estimate of drug-likeness (QED) is 0.881. The summed E-state index contributed by atoms with van der Waals surface area (Å²) in [6.07, 6.45) is 4.88. The van der Waals surface area contributed by atoms with E-state index < -0.39 is 0 Å². The summed E-state index contributed by atoms with van der Waals surface area (Å²) in [6, 6.07) is 11.0. The lowest BCUT2D eigenvalue weighted by Gasteiger charge is -2.23. The molecule has 1 N–H and O–H groups in total. The first-order valence-electron chi connectivity index (χ1n) is 6.99. The Morgan fingerprint density at radius 3 is 2.58 bits per heavy atom. The van der Waals surface area contributed by atoms with Gasteiger partial charge in [-0.05, 0) is 48.2 Å². The van der Waals surface area contributed by atoms with Gasteiger partial charge in [-0.1, -0.05) is 38.1 Å². The van der Waals surface area contributed by atoms with Gasteiger partial charge in [-0.15, -0.1) is 0 Å². The van der Waals surface area contributed by atoms with Crippen LogP contribution in [0.2, 0.25) is 0 Å². The maximum atomic E-state index is 4.25. The molecule has 0 saturated carbocycles. The number of nitrogens with one attached hydrogen (secondary N) is 1. The standard InChI is InChI=1S/C17H22N2/c1-4-14-12-18-11-10-16(14)17(19-5-2)15-9-7-6-8-13(15)3/h6-12,17,19H,4-5H2,1-3H3. The zero-order valence-corrected chi connectivity index (χ0v) is 12.0. The highest BCUT2D eigenvalue weighted by atomic mass is 14.9. The van der Waals surface area contributed by atoms with Crippen LogP contribution in [0.4, 0.5) is 0 Å². The highest BCUT2D eigenvalue weighted by molar-refractivity contribution is 5.39. The first kappa shape index (κ1) is 13.8. The average molecular weight is 254 g/mol. The SMILES string of the molecule is CCNC(c1ccccc1C)c1ccncc1CC. The molecule has 0 fully saturated rings. The summed E-state index contributed by atoms with van der Waals surface area (Å²) in [5, 5.41) is 3.60. The lowest BCUT2D eigenvalue weighted by atomic mass is 9.92. The molecule has 0 aliphatic carbocycles. The van der Waals surface area contributed by atoms with Crippen molar-refractivity contribution in [2.24, 2.45) is 0 Å². The van der Waals surface area contributed by atoms with Crippen LogP contribution >= 0.6 is 0 Å². The summed E-state index contributed by atoms with van der Waals surface area (Å²) in [5.41, 5.74) is 5.34. The molecule has 1 atom stereocenters. The smallest absolute Gasteiger partial charge is 0.0583 e. The Morgan fingerprint density at radius 1 is 1.11 bits per heavy atom. The topological polar surface area (TPSA) is 24.9 Å². The Labute approximate surface area is 115 Å². The van der Waals surface area contributed by atoms with Crippen molar-refractivity contribution in [1.29, 1.82) is 0 Å². The fourth-order valence-electron chi connectivity index (χ4n) is 2.52. The molecular weight excluding hydrogens is 232 g/mol. The summed E-state index contributed by atoms with van der Waals surface area (Å²) in [4.78, 5) is 4.25. The van der Waals surface area contributed by atoms with Crippen LogP contribution in [0.15, 0.2) is 42.7 Å². The van der Waals surface area contributed by atoms with E-state index in [1.165, 1.54) is 22.3 Å². The van der Waals surface area contributed by atoms with Gasteiger partial charge in [0, 0.05) is 12.4 Å². The summed E-state index contributed by atoms with van der Waals surface area (Å²) < 4.78 is 0. The Hall–Kier alpha value is -1.67. The molecular formula is C17H22N2. The summed E-state index contributed by atoms with van der Waals surface area (Å²) >= 11 is 0. The molecule has 0 radical (unpaired) electrons. The van der Waals surface area contributed by atoms with Crippen LogP contribution in [0.1, 0.15) is 42.1 Å². The van der Waals surface area contributed by atoms with Crippen LogP contribution in [0, 0.1) is 6.92 Å². The molecule has 2 heteroatoms. The number of aryl methyl sites for hydroxylation is 2. The minimum absolute atomic E-state index is 0.254. The average Bonchev–Trinajstić information content (AvgIpc) is 2.46. The van der Waals surface area contributed by atoms with E-state index in [0.29, 0.717) is 0 Å². The predicted octanol–water partition coefficient (Wildman–Crippen LogP) is 3.65. The second kappa shape index (κ2) is 6.48. The molecule has 0 saturated heterocycles. The van der Waals surface area contributed by atoms with Crippen molar-refractivity contribution < 1.29 is 0 Å². The van der Waals surface area contributed by atoms with E-state index in [2.05, 4.69) is 61.4 Å². The minimum atomic E-state index is 0.254. The second-order valence-electron chi connectivity index (χ2n) is 4.78. The van der Waals surface area contributed by atoms with Crippen LogP contribution in [0.3, 0.4) is 0 Å². The molecule has 1 heterocycles. The van der Waals surface area contributed by atoms with Crippen molar-refractivity contribution >= 4 is 0 Å². The van der Waals surface area contributed by atoms with Gasteiger partial charge in [0.05, 0.1) is 6.04 Å². The van der Waals surface area contributed by atoms with E-state index in [1.54, 1.807) is 0 Å². The summed E-state index contributed by atoms with van der Waals surface area (Å²) in [6.45, 7) is 7.45. The zero-order valence-electron chi connectivity index (χ0n) is 12.0. The van der Waals surface area contributed by atoms with Gasteiger partial charge in [0.2, 0.25) is 0 Å². The number of rotatable bonds is 5. The normalized spacial score (nSPS) is 12.4. The Kier molecular flexibility index (Phi) is 4.69. The van der Waals surface area contributed by atoms with Crippen molar-refractivity contribution in [3.63, 3.8) is 0 Å². The maximum absolute atomic E-state index is 4.25. The largest absolute Gasteiger partial charge is 0.307 e. The van der Waals surface area contributed by atoms with E-state index in [1.807, 2.05) is 12.4 Å². The van der Waals surface area contributed by atoms with Crippen molar-refractivity contribution in [3.8, 4) is 0 Å². The first-order chi connectivity index (χ1) is 9.27. The van der Waals surface area contributed by atoms with Gasteiger partial charge in [0.25, 0.3) is 0 Å². The zero-order chi connectivity index (χ0) is 13.7. The number of benzene rings is 1. The third-order valence-electron chi connectivity index (χ3n) is 3.54. The minimum Gasteiger partial charge on any atom is -0.307 e. The van der Waals surface area contributed by atoms with E-state index in [4.69, 9.17) is 0 Å². The van der Waals surface area contributed by atoms with Crippen molar-refractivity contribution in [3.05, 3.63) is 65.0 Å². The van der Waals surface area contributed by atoms with Crippen molar-refractivity contribution in [2.75, 3.05) is 6.54 Å². The molecule has 0 aliphatic rings. The van der Waals surface area contributed by atoms with Gasteiger partial charge >= 0.3 is 0 Å². The van der Waals surface area contributed by atoms with Crippen molar-refractivity contribution in [2.45, 2.75) is 33.2 Å². The van der Waals surface area contributed by atoms with Gasteiger partial charge < -0.3 is 5.32 Å². The molecule has 100 valence electrons. The third-order valence-corrected chi connectivity index (χ3v) is 3.54. The summed E-state index contributed by atoms with van der Waals surface area (Å²) in [7, 11) is 0. The third kappa shape index (κ3) is 3.02. The van der Waals surface area contributed by atoms with E-state index in [0.717, 1.165) is 13.0 Å². The molecule has 0 aliphatic heterocycles. The Morgan fingerprint density at radius 2 is 1.89 bits per heavy atom. The fraction of sp³-hybridized carbons (Fsp3) is 0.353. The van der Waals surface area contributed by atoms with E-state index >= 15 is 0 Å². The predicted molar refractivity (Wildman–Crippen MR) is 80.3 cm³/mol. The highest BCUT2D eigenvalue weighted by Crippen LogP contribution is 2.27. The molecule has 1 unspecified atom stereocenters. The molecule has 1 aromatic heterocycles. The van der Waals surface area contributed by atoms with Gasteiger partial charge in [0.1, 0.15) is 0 Å². The number of hydrogen-bond donors (Lipinski definition) is 1. The van der Waals surface area contributed by atoms with E-state index in [-0.39, 0.29) is 6.04 Å². The van der Waals surface area contributed by atoms with Crippen LogP contribution < -0.4 is 5.32 Å².